The van der Waals surface area contributed by atoms with Crippen molar-refractivity contribution in [3.05, 3.63) is 35.4 Å². The number of hydrogen-bond acceptors (Lipinski definition) is 3. The van der Waals surface area contributed by atoms with Crippen LogP contribution in [0.25, 0.3) is 0 Å². The number of nitrogens with zero attached hydrogens (tertiary/aromatic N) is 2. The van der Waals surface area contributed by atoms with Gasteiger partial charge in [-0.15, -0.1) is 0 Å². The minimum atomic E-state index is -0.00767. The first-order valence-corrected chi connectivity index (χ1v) is 9.44. The van der Waals surface area contributed by atoms with Gasteiger partial charge in [0, 0.05) is 38.8 Å². The standard InChI is InChI=1S/C20H31N3O/c1-16-6-5-7-18(14-16)15-22-10-12-23(13-11-22)17(2)20(24)21-19-8-3-4-9-19/h5-7,14,17,19H,3-4,8-13,15H2,1-2H3,(H,21,24)/t17-/m0/s1. The number of amides is 1. The van der Waals surface area contributed by atoms with Crippen LogP contribution in [-0.4, -0.2) is 54.0 Å². The lowest BCUT2D eigenvalue weighted by molar-refractivity contribution is -0.127. The van der Waals surface area contributed by atoms with Gasteiger partial charge in [-0.2, -0.15) is 0 Å². The predicted octanol–water partition coefficient (Wildman–Crippen LogP) is 2.56. The molecule has 1 saturated carbocycles. The molecule has 1 aromatic carbocycles. The second-order valence-electron chi connectivity index (χ2n) is 7.47. The van der Waals surface area contributed by atoms with Crippen molar-refractivity contribution in [1.82, 2.24) is 15.1 Å². The van der Waals surface area contributed by atoms with Gasteiger partial charge in [0.1, 0.15) is 0 Å². The summed E-state index contributed by atoms with van der Waals surface area (Å²) in [6, 6.07) is 9.16. The predicted molar refractivity (Wildman–Crippen MR) is 97.9 cm³/mol. The number of carbonyl (C=O) groups is 1. The summed E-state index contributed by atoms with van der Waals surface area (Å²) in [6.07, 6.45) is 4.83. The van der Waals surface area contributed by atoms with Crippen molar-refractivity contribution in [3.8, 4) is 0 Å². The maximum absolute atomic E-state index is 12.4. The zero-order chi connectivity index (χ0) is 16.9. The van der Waals surface area contributed by atoms with E-state index in [-0.39, 0.29) is 11.9 Å². The SMILES string of the molecule is Cc1cccc(CN2CCN([C@@H](C)C(=O)NC3CCCC3)CC2)c1. The molecule has 4 nitrogen and oxygen atoms in total. The quantitative estimate of drug-likeness (QED) is 0.902. The zero-order valence-electron chi connectivity index (χ0n) is 15.1. The van der Waals surface area contributed by atoms with Gasteiger partial charge in [-0.25, -0.2) is 0 Å². The summed E-state index contributed by atoms with van der Waals surface area (Å²) in [5.74, 6) is 0.217. The summed E-state index contributed by atoms with van der Waals surface area (Å²) >= 11 is 0. The van der Waals surface area contributed by atoms with Crippen molar-refractivity contribution >= 4 is 5.91 Å². The minimum absolute atomic E-state index is 0.00767. The molecular formula is C20H31N3O. The highest BCUT2D eigenvalue weighted by Gasteiger charge is 2.27. The first-order valence-electron chi connectivity index (χ1n) is 9.44. The summed E-state index contributed by atoms with van der Waals surface area (Å²) in [4.78, 5) is 17.3. The van der Waals surface area contributed by atoms with E-state index in [0.29, 0.717) is 6.04 Å². The monoisotopic (exact) mass is 329 g/mol. The zero-order valence-corrected chi connectivity index (χ0v) is 15.1. The van der Waals surface area contributed by atoms with E-state index in [9.17, 15) is 4.79 Å². The maximum Gasteiger partial charge on any atom is 0.237 e. The van der Waals surface area contributed by atoms with Gasteiger partial charge in [0.15, 0.2) is 0 Å². The number of hydrogen-bond donors (Lipinski definition) is 1. The third-order valence-electron chi connectivity index (χ3n) is 5.52. The molecule has 1 aliphatic heterocycles. The largest absolute Gasteiger partial charge is 0.352 e. The Bertz CT molecular complexity index is 546. The first-order chi connectivity index (χ1) is 11.6. The van der Waals surface area contributed by atoms with Crippen LogP contribution in [0.4, 0.5) is 0 Å². The first kappa shape index (κ1) is 17.4. The Labute approximate surface area is 146 Å². The van der Waals surface area contributed by atoms with Gasteiger partial charge in [-0.05, 0) is 32.3 Å². The smallest absolute Gasteiger partial charge is 0.237 e. The van der Waals surface area contributed by atoms with Crippen LogP contribution in [0.1, 0.15) is 43.7 Å². The van der Waals surface area contributed by atoms with Crippen LogP contribution in [0, 0.1) is 6.92 Å². The molecule has 0 spiro atoms. The van der Waals surface area contributed by atoms with Crippen molar-refractivity contribution < 1.29 is 4.79 Å². The summed E-state index contributed by atoms with van der Waals surface area (Å²) in [7, 11) is 0. The van der Waals surface area contributed by atoms with Crippen LogP contribution < -0.4 is 5.32 Å². The molecule has 4 heteroatoms. The maximum atomic E-state index is 12.4. The molecule has 132 valence electrons. The number of nitrogens with one attached hydrogen (secondary N) is 1. The van der Waals surface area contributed by atoms with E-state index in [2.05, 4.69) is 53.2 Å². The van der Waals surface area contributed by atoms with Crippen molar-refractivity contribution in [2.45, 2.75) is 58.2 Å². The normalized spacial score (nSPS) is 21.8. The van der Waals surface area contributed by atoms with Crippen molar-refractivity contribution in [1.29, 1.82) is 0 Å². The van der Waals surface area contributed by atoms with Gasteiger partial charge in [0.05, 0.1) is 6.04 Å². The molecule has 1 aromatic rings. The molecular weight excluding hydrogens is 298 g/mol. The highest BCUT2D eigenvalue weighted by molar-refractivity contribution is 5.81. The molecule has 1 amide bonds. The highest BCUT2D eigenvalue weighted by Crippen LogP contribution is 2.18. The Morgan fingerprint density at radius 3 is 2.58 bits per heavy atom. The Balaban J connectivity index is 1.44. The van der Waals surface area contributed by atoms with E-state index in [1.165, 1.54) is 24.0 Å². The summed E-state index contributed by atoms with van der Waals surface area (Å²) in [6.45, 7) is 9.24. The lowest BCUT2D eigenvalue weighted by atomic mass is 10.1. The van der Waals surface area contributed by atoms with Crippen LogP contribution in [0.15, 0.2) is 24.3 Å². The van der Waals surface area contributed by atoms with Crippen molar-refractivity contribution in [3.63, 3.8) is 0 Å². The fourth-order valence-corrected chi connectivity index (χ4v) is 3.94. The highest BCUT2D eigenvalue weighted by atomic mass is 16.2. The molecule has 1 saturated heterocycles. The van der Waals surface area contributed by atoms with Crippen LogP contribution >= 0.6 is 0 Å². The fourth-order valence-electron chi connectivity index (χ4n) is 3.94. The van der Waals surface area contributed by atoms with Gasteiger partial charge < -0.3 is 5.32 Å². The molecule has 1 aliphatic carbocycles. The number of piperazine rings is 1. The number of rotatable bonds is 5. The molecule has 0 aromatic heterocycles. The van der Waals surface area contributed by atoms with Gasteiger partial charge in [-0.3, -0.25) is 14.6 Å². The second kappa shape index (κ2) is 8.13. The molecule has 1 atom stereocenters. The minimum Gasteiger partial charge on any atom is -0.352 e. The molecule has 24 heavy (non-hydrogen) atoms. The third-order valence-corrected chi connectivity index (χ3v) is 5.52. The Hall–Kier alpha value is -1.39. The van der Waals surface area contributed by atoms with E-state index < -0.39 is 0 Å². The van der Waals surface area contributed by atoms with E-state index in [1.54, 1.807) is 0 Å². The van der Waals surface area contributed by atoms with Crippen molar-refractivity contribution in [2.75, 3.05) is 26.2 Å². The van der Waals surface area contributed by atoms with E-state index >= 15 is 0 Å². The lowest BCUT2D eigenvalue weighted by Crippen LogP contribution is -2.54. The average Bonchev–Trinajstić information content (AvgIpc) is 3.08. The molecule has 0 unspecified atom stereocenters. The van der Waals surface area contributed by atoms with Crippen LogP contribution in [0.5, 0.6) is 0 Å². The van der Waals surface area contributed by atoms with E-state index in [4.69, 9.17) is 0 Å². The summed E-state index contributed by atoms with van der Waals surface area (Å²) < 4.78 is 0. The van der Waals surface area contributed by atoms with E-state index in [1.807, 2.05) is 0 Å². The molecule has 2 fully saturated rings. The van der Waals surface area contributed by atoms with Crippen LogP contribution in [0.2, 0.25) is 0 Å². The fraction of sp³-hybridized carbons (Fsp3) is 0.650. The Morgan fingerprint density at radius 1 is 1.21 bits per heavy atom. The van der Waals surface area contributed by atoms with Gasteiger partial charge >= 0.3 is 0 Å². The van der Waals surface area contributed by atoms with Crippen LogP contribution in [0.3, 0.4) is 0 Å². The number of aryl methyl sites for hydroxylation is 1. The number of benzene rings is 1. The van der Waals surface area contributed by atoms with Gasteiger partial charge in [0.25, 0.3) is 0 Å². The summed E-state index contributed by atoms with van der Waals surface area (Å²) in [5, 5.41) is 3.24. The van der Waals surface area contributed by atoms with Crippen molar-refractivity contribution in [2.24, 2.45) is 0 Å². The topological polar surface area (TPSA) is 35.6 Å². The van der Waals surface area contributed by atoms with E-state index in [0.717, 1.165) is 45.6 Å². The molecule has 1 N–H and O–H groups in total. The number of carbonyl (C=O) groups excluding carboxylic acids is 1. The Kier molecular flexibility index (Phi) is 5.90. The average molecular weight is 329 g/mol. The molecule has 0 bridgehead atoms. The van der Waals surface area contributed by atoms with Crippen LogP contribution in [-0.2, 0) is 11.3 Å². The molecule has 1 heterocycles. The molecule has 2 aliphatic rings. The second-order valence-corrected chi connectivity index (χ2v) is 7.47. The Morgan fingerprint density at radius 2 is 1.92 bits per heavy atom. The summed E-state index contributed by atoms with van der Waals surface area (Å²) in [5.41, 5.74) is 2.71. The lowest BCUT2D eigenvalue weighted by Gasteiger charge is -2.37. The third kappa shape index (κ3) is 4.58. The van der Waals surface area contributed by atoms with Gasteiger partial charge in [-0.1, -0.05) is 42.7 Å². The molecule has 3 rings (SSSR count). The van der Waals surface area contributed by atoms with Gasteiger partial charge in [0.2, 0.25) is 5.91 Å². The molecule has 0 radical (unpaired) electrons.